The van der Waals surface area contributed by atoms with Crippen LogP contribution < -0.4 is 4.74 Å². The number of benzene rings is 1. The number of thiophene rings is 1. The van der Waals surface area contributed by atoms with Crippen LogP contribution in [-0.2, 0) is 4.74 Å². The van der Waals surface area contributed by atoms with Gasteiger partial charge in [-0.05, 0) is 24.3 Å². The van der Waals surface area contributed by atoms with Crippen molar-refractivity contribution in [1.82, 2.24) is 4.90 Å². The molecule has 0 N–H and O–H groups in total. The SMILES string of the molecule is Fc1ccccc1OC(CCN1CCOCC1)c1ccc(Cl)s1. The van der Waals surface area contributed by atoms with Crippen LogP contribution in [-0.4, -0.2) is 37.7 Å². The Kier molecular flexibility index (Phi) is 5.89. The number of halogens is 2. The van der Waals surface area contributed by atoms with E-state index < -0.39 is 0 Å². The molecule has 2 heterocycles. The van der Waals surface area contributed by atoms with Crippen LogP contribution in [0.15, 0.2) is 36.4 Å². The molecule has 1 aromatic carbocycles. The van der Waals surface area contributed by atoms with Gasteiger partial charge in [-0.15, -0.1) is 11.3 Å². The minimum absolute atomic E-state index is 0.202. The van der Waals surface area contributed by atoms with E-state index in [2.05, 4.69) is 4.90 Å². The maximum atomic E-state index is 13.9. The summed E-state index contributed by atoms with van der Waals surface area (Å²) in [6, 6.07) is 10.3. The average molecular weight is 356 g/mol. The molecule has 1 atom stereocenters. The molecule has 0 spiro atoms. The summed E-state index contributed by atoms with van der Waals surface area (Å²) >= 11 is 7.53. The number of ether oxygens (including phenoxy) is 2. The quantitative estimate of drug-likeness (QED) is 0.767. The van der Waals surface area contributed by atoms with E-state index in [4.69, 9.17) is 21.1 Å². The summed E-state index contributed by atoms with van der Waals surface area (Å²) in [5.41, 5.74) is 0. The summed E-state index contributed by atoms with van der Waals surface area (Å²) < 4.78 is 25.9. The van der Waals surface area contributed by atoms with Crippen molar-refractivity contribution < 1.29 is 13.9 Å². The highest BCUT2D eigenvalue weighted by Crippen LogP contribution is 2.33. The van der Waals surface area contributed by atoms with Crippen LogP contribution in [0.3, 0.4) is 0 Å². The topological polar surface area (TPSA) is 21.7 Å². The highest BCUT2D eigenvalue weighted by molar-refractivity contribution is 7.16. The second kappa shape index (κ2) is 8.11. The summed E-state index contributed by atoms with van der Waals surface area (Å²) in [5.74, 6) is -0.0597. The lowest BCUT2D eigenvalue weighted by Gasteiger charge is -2.28. The molecule has 1 fully saturated rings. The van der Waals surface area contributed by atoms with Gasteiger partial charge in [0, 0.05) is 30.9 Å². The average Bonchev–Trinajstić information content (AvgIpc) is 3.00. The van der Waals surface area contributed by atoms with Gasteiger partial charge in [-0.2, -0.15) is 0 Å². The number of hydrogen-bond donors (Lipinski definition) is 0. The second-order valence-electron chi connectivity index (χ2n) is 5.42. The first kappa shape index (κ1) is 16.7. The van der Waals surface area contributed by atoms with E-state index in [1.54, 1.807) is 18.2 Å². The van der Waals surface area contributed by atoms with Crippen molar-refractivity contribution in [3.05, 3.63) is 51.4 Å². The predicted octanol–water partition coefficient (Wildman–Crippen LogP) is 4.38. The molecule has 2 aromatic rings. The van der Waals surface area contributed by atoms with Gasteiger partial charge in [-0.25, -0.2) is 4.39 Å². The van der Waals surface area contributed by atoms with Crippen molar-refractivity contribution in [1.29, 1.82) is 0 Å². The van der Waals surface area contributed by atoms with Crippen LogP contribution in [0.2, 0.25) is 4.34 Å². The van der Waals surface area contributed by atoms with Gasteiger partial charge in [0.05, 0.1) is 17.6 Å². The third-order valence-electron chi connectivity index (χ3n) is 3.83. The third-order valence-corrected chi connectivity index (χ3v) is 5.15. The van der Waals surface area contributed by atoms with Crippen molar-refractivity contribution in [2.24, 2.45) is 0 Å². The second-order valence-corrected chi connectivity index (χ2v) is 7.17. The van der Waals surface area contributed by atoms with E-state index in [-0.39, 0.29) is 17.7 Å². The molecular weight excluding hydrogens is 337 g/mol. The maximum absolute atomic E-state index is 13.9. The molecular formula is C17H19ClFNO2S. The van der Waals surface area contributed by atoms with Gasteiger partial charge in [0.25, 0.3) is 0 Å². The van der Waals surface area contributed by atoms with Crippen LogP contribution >= 0.6 is 22.9 Å². The lowest BCUT2D eigenvalue weighted by Crippen LogP contribution is -2.37. The fourth-order valence-electron chi connectivity index (χ4n) is 2.58. The van der Waals surface area contributed by atoms with Crippen LogP contribution in [0.1, 0.15) is 17.4 Å². The molecule has 1 aliphatic rings. The lowest BCUT2D eigenvalue weighted by atomic mass is 10.2. The Balaban J connectivity index is 1.70. The van der Waals surface area contributed by atoms with Crippen molar-refractivity contribution in [3.8, 4) is 5.75 Å². The van der Waals surface area contributed by atoms with Crippen molar-refractivity contribution >= 4 is 22.9 Å². The molecule has 1 unspecified atom stereocenters. The summed E-state index contributed by atoms with van der Waals surface area (Å²) in [4.78, 5) is 3.36. The van der Waals surface area contributed by atoms with Crippen LogP contribution in [0, 0.1) is 5.82 Å². The van der Waals surface area contributed by atoms with E-state index in [1.807, 2.05) is 12.1 Å². The molecule has 0 bridgehead atoms. The number of rotatable bonds is 6. The van der Waals surface area contributed by atoms with Gasteiger partial charge in [-0.3, -0.25) is 4.90 Å². The summed E-state index contributed by atoms with van der Waals surface area (Å²) in [5, 5.41) is 0. The minimum Gasteiger partial charge on any atom is -0.482 e. The van der Waals surface area contributed by atoms with E-state index >= 15 is 0 Å². The molecule has 0 radical (unpaired) electrons. The van der Waals surface area contributed by atoms with Crippen LogP contribution in [0.25, 0.3) is 0 Å². The molecule has 0 amide bonds. The predicted molar refractivity (Wildman–Crippen MR) is 91.0 cm³/mol. The first-order valence-electron chi connectivity index (χ1n) is 7.69. The molecule has 1 aromatic heterocycles. The highest BCUT2D eigenvalue weighted by atomic mass is 35.5. The zero-order valence-corrected chi connectivity index (χ0v) is 14.3. The minimum atomic E-state index is -0.341. The van der Waals surface area contributed by atoms with Gasteiger partial charge >= 0.3 is 0 Å². The van der Waals surface area contributed by atoms with Gasteiger partial charge in [-0.1, -0.05) is 23.7 Å². The number of morpholine rings is 1. The molecule has 3 nitrogen and oxygen atoms in total. The molecule has 0 saturated carbocycles. The van der Waals surface area contributed by atoms with Gasteiger partial charge < -0.3 is 9.47 Å². The first-order chi connectivity index (χ1) is 11.2. The summed E-state index contributed by atoms with van der Waals surface area (Å²) in [7, 11) is 0. The van der Waals surface area contributed by atoms with Crippen molar-refractivity contribution in [3.63, 3.8) is 0 Å². The molecule has 1 saturated heterocycles. The summed E-state index contributed by atoms with van der Waals surface area (Å²) in [6.07, 6.45) is 0.581. The molecule has 23 heavy (non-hydrogen) atoms. The van der Waals surface area contributed by atoms with Gasteiger partial charge in [0.1, 0.15) is 6.10 Å². The normalized spacial score (nSPS) is 17.1. The fourth-order valence-corrected chi connectivity index (χ4v) is 3.70. The Labute approximate surface area is 144 Å². The molecule has 6 heteroatoms. The third kappa shape index (κ3) is 4.67. The Hall–Kier alpha value is -1.14. The zero-order chi connectivity index (χ0) is 16.1. The molecule has 3 rings (SSSR count). The Morgan fingerprint density at radius 2 is 2.00 bits per heavy atom. The first-order valence-corrected chi connectivity index (χ1v) is 8.88. The Morgan fingerprint density at radius 3 is 2.70 bits per heavy atom. The smallest absolute Gasteiger partial charge is 0.165 e. The number of para-hydroxylation sites is 1. The largest absolute Gasteiger partial charge is 0.482 e. The highest BCUT2D eigenvalue weighted by Gasteiger charge is 2.20. The molecule has 1 aliphatic heterocycles. The van der Waals surface area contributed by atoms with E-state index in [1.165, 1.54) is 17.4 Å². The number of hydrogen-bond acceptors (Lipinski definition) is 4. The zero-order valence-electron chi connectivity index (χ0n) is 12.7. The number of nitrogens with zero attached hydrogens (tertiary/aromatic N) is 1. The van der Waals surface area contributed by atoms with Crippen molar-refractivity contribution in [2.75, 3.05) is 32.8 Å². The Morgan fingerprint density at radius 1 is 1.22 bits per heavy atom. The van der Waals surface area contributed by atoms with Gasteiger partial charge in [0.2, 0.25) is 0 Å². The van der Waals surface area contributed by atoms with E-state index in [9.17, 15) is 4.39 Å². The van der Waals surface area contributed by atoms with E-state index in [0.717, 1.165) is 44.1 Å². The summed E-state index contributed by atoms with van der Waals surface area (Å²) in [6.45, 7) is 4.28. The molecule has 124 valence electrons. The van der Waals surface area contributed by atoms with Crippen molar-refractivity contribution in [2.45, 2.75) is 12.5 Å². The van der Waals surface area contributed by atoms with E-state index in [0.29, 0.717) is 4.34 Å². The van der Waals surface area contributed by atoms with Crippen LogP contribution in [0.4, 0.5) is 4.39 Å². The Bertz CT molecular complexity index is 631. The standard InChI is InChI=1S/C17H19ClFNO2S/c18-17-6-5-16(23-17)15(7-8-20-9-11-21-12-10-20)22-14-4-2-1-3-13(14)19/h1-6,15H,7-12H2. The molecule has 0 aliphatic carbocycles. The fraction of sp³-hybridized carbons (Fsp3) is 0.412. The lowest BCUT2D eigenvalue weighted by molar-refractivity contribution is 0.0317. The maximum Gasteiger partial charge on any atom is 0.165 e. The monoisotopic (exact) mass is 355 g/mol. The van der Waals surface area contributed by atoms with Gasteiger partial charge in [0.15, 0.2) is 11.6 Å². The van der Waals surface area contributed by atoms with Crippen LogP contribution in [0.5, 0.6) is 5.75 Å².